The van der Waals surface area contributed by atoms with E-state index in [1.807, 2.05) is 38.1 Å². The molecule has 0 atom stereocenters. The lowest BCUT2D eigenvalue weighted by Crippen LogP contribution is -2.21. The fourth-order valence-corrected chi connectivity index (χ4v) is 3.40. The van der Waals surface area contributed by atoms with Gasteiger partial charge in [0, 0.05) is 11.1 Å². The topological polar surface area (TPSA) is 56.2 Å². The predicted molar refractivity (Wildman–Crippen MR) is 102 cm³/mol. The lowest BCUT2D eigenvalue weighted by molar-refractivity contribution is -0.116. The standard InChI is InChI=1S/C20H18ClN3O2/c1-12-4-6-18-15(7-12)20-14(11-26-18)9-22-24(20)10-19(25)23-17-5-3-13(2)8-16(17)21/h3-9H,10-11H2,1-2H3,(H,23,25). The maximum absolute atomic E-state index is 12.5. The number of nitrogens with zero attached hydrogens (tertiary/aromatic N) is 2. The summed E-state index contributed by atoms with van der Waals surface area (Å²) in [6.45, 7) is 4.54. The molecule has 1 aliphatic rings. The largest absolute Gasteiger partial charge is 0.488 e. The molecule has 2 heterocycles. The number of nitrogens with one attached hydrogen (secondary N) is 1. The number of carbonyl (C=O) groups is 1. The summed E-state index contributed by atoms with van der Waals surface area (Å²) in [5, 5.41) is 7.77. The van der Waals surface area contributed by atoms with Crippen LogP contribution in [0.5, 0.6) is 5.75 Å². The van der Waals surface area contributed by atoms with Crippen LogP contribution < -0.4 is 10.1 Å². The number of fused-ring (bicyclic) bond motifs is 3. The van der Waals surface area contributed by atoms with Crippen molar-refractivity contribution in [2.24, 2.45) is 0 Å². The van der Waals surface area contributed by atoms with Gasteiger partial charge >= 0.3 is 0 Å². The zero-order valence-electron chi connectivity index (χ0n) is 14.5. The first-order valence-corrected chi connectivity index (χ1v) is 8.73. The second kappa shape index (κ2) is 6.50. The number of aryl methyl sites for hydroxylation is 2. The molecule has 5 nitrogen and oxygen atoms in total. The Morgan fingerprint density at radius 2 is 2.00 bits per heavy atom. The SMILES string of the molecule is Cc1ccc(NC(=O)Cn2ncc3c2-c2cc(C)ccc2OC3)c(Cl)c1. The average Bonchev–Trinajstić information content (AvgIpc) is 3.00. The van der Waals surface area contributed by atoms with Crippen LogP contribution in [0.4, 0.5) is 5.69 Å². The van der Waals surface area contributed by atoms with Crippen LogP contribution in [0.1, 0.15) is 16.7 Å². The summed E-state index contributed by atoms with van der Waals surface area (Å²) < 4.78 is 7.49. The molecule has 0 saturated heterocycles. The third kappa shape index (κ3) is 3.06. The van der Waals surface area contributed by atoms with E-state index in [0.717, 1.165) is 33.7 Å². The molecule has 1 N–H and O–H groups in total. The van der Waals surface area contributed by atoms with Gasteiger partial charge in [0.05, 0.1) is 22.6 Å². The number of hydrogen-bond donors (Lipinski definition) is 1. The molecule has 0 saturated carbocycles. The van der Waals surface area contributed by atoms with Crippen LogP contribution in [0.2, 0.25) is 5.02 Å². The van der Waals surface area contributed by atoms with E-state index in [4.69, 9.17) is 16.3 Å². The van der Waals surface area contributed by atoms with Gasteiger partial charge in [-0.1, -0.05) is 29.3 Å². The number of benzene rings is 2. The Labute approximate surface area is 156 Å². The van der Waals surface area contributed by atoms with Crippen molar-refractivity contribution in [3.8, 4) is 17.0 Å². The summed E-state index contributed by atoms with van der Waals surface area (Å²) in [5.41, 5.74) is 5.64. The number of carbonyl (C=O) groups excluding carboxylic acids is 1. The van der Waals surface area contributed by atoms with E-state index in [9.17, 15) is 4.79 Å². The molecule has 0 bridgehead atoms. The summed E-state index contributed by atoms with van der Waals surface area (Å²) in [7, 11) is 0. The molecule has 3 aromatic rings. The zero-order valence-corrected chi connectivity index (χ0v) is 15.3. The van der Waals surface area contributed by atoms with Crippen molar-refractivity contribution in [3.05, 3.63) is 64.3 Å². The van der Waals surface area contributed by atoms with Gasteiger partial charge in [-0.25, -0.2) is 0 Å². The van der Waals surface area contributed by atoms with Crippen LogP contribution >= 0.6 is 11.6 Å². The summed E-state index contributed by atoms with van der Waals surface area (Å²) in [6.07, 6.45) is 1.76. The minimum atomic E-state index is -0.178. The highest BCUT2D eigenvalue weighted by molar-refractivity contribution is 6.33. The Balaban J connectivity index is 1.61. The van der Waals surface area contributed by atoms with Gasteiger partial charge in [0.1, 0.15) is 18.9 Å². The Kier molecular flexibility index (Phi) is 4.17. The Morgan fingerprint density at radius 3 is 2.81 bits per heavy atom. The second-order valence-corrected chi connectivity index (χ2v) is 6.90. The minimum Gasteiger partial charge on any atom is -0.488 e. The molecule has 0 fully saturated rings. The monoisotopic (exact) mass is 367 g/mol. The number of ether oxygens (including phenoxy) is 1. The number of halogens is 1. The zero-order chi connectivity index (χ0) is 18.3. The number of aromatic nitrogens is 2. The summed E-state index contributed by atoms with van der Waals surface area (Å²) >= 11 is 6.20. The average molecular weight is 368 g/mol. The first-order valence-electron chi connectivity index (χ1n) is 8.36. The third-order valence-electron chi connectivity index (χ3n) is 4.38. The molecule has 1 amide bonds. The van der Waals surface area contributed by atoms with E-state index in [1.54, 1.807) is 16.9 Å². The first kappa shape index (κ1) is 16.7. The van der Waals surface area contributed by atoms with Gasteiger partial charge in [-0.3, -0.25) is 9.48 Å². The van der Waals surface area contributed by atoms with Crippen molar-refractivity contribution in [2.45, 2.75) is 27.0 Å². The van der Waals surface area contributed by atoms with Crippen LogP contribution in [-0.2, 0) is 17.9 Å². The van der Waals surface area contributed by atoms with Crippen molar-refractivity contribution in [1.29, 1.82) is 0 Å². The smallest absolute Gasteiger partial charge is 0.246 e. The quantitative estimate of drug-likeness (QED) is 0.748. The molecule has 1 aliphatic heterocycles. The molecule has 132 valence electrons. The maximum Gasteiger partial charge on any atom is 0.246 e. The van der Waals surface area contributed by atoms with Crippen LogP contribution in [0.3, 0.4) is 0 Å². The molecule has 1 aromatic heterocycles. The minimum absolute atomic E-state index is 0.104. The normalized spacial score (nSPS) is 12.1. The molecular weight excluding hydrogens is 350 g/mol. The van der Waals surface area contributed by atoms with Crippen molar-refractivity contribution in [2.75, 3.05) is 5.32 Å². The Hall–Kier alpha value is -2.79. The van der Waals surface area contributed by atoms with Crippen LogP contribution in [0.15, 0.2) is 42.6 Å². The van der Waals surface area contributed by atoms with Crippen molar-refractivity contribution < 1.29 is 9.53 Å². The van der Waals surface area contributed by atoms with Gasteiger partial charge in [-0.2, -0.15) is 5.10 Å². The van der Waals surface area contributed by atoms with Crippen molar-refractivity contribution in [1.82, 2.24) is 9.78 Å². The van der Waals surface area contributed by atoms with Crippen molar-refractivity contribution in [3.63, 3.8) is 0 Å². The molecular formula is C20H18ClN3O2. The van der Waals surface area contributed by atoms with Crippen LogP contribution in [-0.4, -0.2) is 15.7 Å². The van der Waals surface area contributed by atoms with E-state index in [2.05, 4.69) is 16.5 Å². The van der Waals surface area contributed by atoms with E-state index in [-0.39, 0.29) is 12.5 Å². The van der Waals surface area contributed by atoms with Crippen LogP contribution in [0, 0.1) is 13.8 Å². The van der Waals surface area contributed by atoms with Gasteiger partial charge in [-0.15, -0.1) is 0 Å². The lowest BCUT2D eigenvalue weighted by Gasteiger charge is -2.20. The number of rotatable bonds is 3. The fraction of sp³-hybridized carbons (Fsp3) is 0.200. The number of hydrogen-bond acceptors (Lipinski definition) is 3. The molecule has 2 aromatic carbocycles. The highest BCUT2D eigenvalue weighted by Crippen LogP contribution is 2.38. The van der Waals surface area contributed by atoms with Crippen LogP contribution in [0.25, 0.3) is 11.3 Å². The van der Waals surface area contributed by atoms with Gasteiger partial charge in [-0.05, 0) is 43.7 Å². The number of amides is 1. The summed E-state index contributed by atoms with van der Waals surface area (Å²) in [6, 6.07) is 11.6. The van der Waals surface area contributed by atoms with Gasteiger partial charge in [0.25, 0.3) is 0 Å². The molecule has 26 heavy (non-hydrogen) atoms. The molecule has 0 spiro atoms. The highest BCUT2D eigenvalue weighted by Gasteiger charge is 2.23. The van der Waals surface area contributed by atoms with E-state index < -0.39 is 0 Å². The molecule has 6 heteroatoms. The fourth-order valence-electron chi connectivity index (χ4n) is 3.12. The van der Waals surface area contributed by atoms with E-state index >= 15 is 0 Å². The summed E-state index contributed by atoms with van der Waals surface area (Å²) in [5.74, 6) is 0.634. The van der Waals surface area contributed by atoms with Gasteiger partial charge < -0.3 is 10.1 Å². The lowest BCUT2D eigenvalue weighted by atomic mass is 10.0. The molecule has 0 unspecified atom stereocenters. The Morgan fingerprint density at radius 1 is 1.23 bits per heavy atom. The predicted octanol–water partition coefficient (Wildman–Crippen LogP) is 4.35. The van der Waals surface area contributed by atoms with Gasteiger partial charge in [0.2, 0.25) is 5.91 Å². The third-order valence-corrected chi connectivity index (χ3v) is 4.69. The highest BCUT2D eigenvalue weighted by atomic mass is 35.5. The first-order chi connectivity index (χ1) is 12.5. The molecule has 0 aliphatic carbocycles. The van der Waals surface area contributed by atoms with E-state index in [0.29, 0.717) is 17.3 Å². The molecule has 0 radical (unpaired) electrons. The molecule has 4 rings (SSSR count). The second-order valence-electron chi connectivity index (χ2n) is 6.50. The number of anilines is 1. The Bertz CT molecular complexity index is 1010. The van der Waals surface area contributed by atoms with Gasteiger partial charge in [0.15, 0.2) is 0 Å². The summed E-state index contributed by atoms with van der Waals surface area (Å²) in [4.78, 5) is 12.5. The van der Waals surface area contributed by atoms with Crippen molar-refractivity contribution >= 4 is 23.2 Å². The van der Waals surface area contributed by atoms with E-state index in [1.165, 1.54) is 0 Å². The maximum atomic E-state index is 12.5.